The van der Waals surface area contributed by atoms with Gasteiger partial charge in [-0.1, -0.05) is 44.0 Å². The Bertz CT molecular complexity index is 889. The summed E-state index contributed by atoms with van der Waals surface area (Å²) in [6.07, 6.45) is 0. The van der Waals surface area contributed by atoms with Crippen LogP contribution in [0.2, 0.25) is 0 Å². The lowest BCUT2D eigenvalue weighted by Crippen LogP contribution is -2.24. The minimum absolute atomic E-state index is 0.0240. The molecule has 0 aromatic heterocycles. The number of likely N-dealkylation sites (N-methyl/N-ethyl adjacent to an activating group) is 1. The van der Waals surface area contributed by atoms with Crippen LogP contribution in [0.1, 0.15) is 18.1 Å². The van der Waals surface area contributed by atoms with Crippen LogP contribution in [-0.2, 0) is 4.79 Å². The fourth-order valence-corrected chi connectivity index (χ4v) is 4.12. The lowest BCUT2D eigenvalue weighted by Gasteiger charge is -2.19. The molecule has 0 spiro atoms. The van der Waals surface area contributed by atoms with Gasteiger partial charge in [-0.2, -0.15) is 0 Å². The monoisotopic (exact) mass is 432 g/mol. The summed E-state index contributed by atoms with van der Waals surface area (Å²) in [4.78, 5) is 14.9. The fourth-order valence-electron chi connectivity index (χ4n) is 3.41. The van der Waals surface area contributed by atoms with Crippen molar-refractivity contribution in [3.63, 3.8) is 0 Å². The largest absolute Gasteiger partial charge is 0.367 e. The molecular weight excluding hydrogens is 420 g/mol. The van der Waals surface area contributed by atoms with Crippen LogP contribution in [0.25, 0.3) is 11.1 Å². The number of benzene rings is 2. The zero-order chi connectivity index (χ0) is 16.3. The van der Waals surface area contributed by atoms with Crippen LogP contribution >= 0.6 is 31.9 Å². The molecule has 1 unspecified atom stereocenters. The van der Waals surface area contributed by atoms with E-state index in [1.165, 1.54) is 0 Å². The molecule has 1 amide bonds. The highest BCUT2D eigenvalue weighted by Crippen LogP contribution is 2.47. The van der Waals surface area contributed by atoms with Gasteiger partial charge < -0.3 is 10.2 Å². The van der Waals surface area contributed by atoms with E-state index in [0.29, 0.717) is 0 Å². The first-order valence-electron chi connectivity index (χ1n) is 7.35. The number of carbonyl (C=O) groups is 1. The zero-order valence-corrected chi connectivity index (χ0v) is 15.8. The van der Waals surface area contributed by atoms with Crippen molar-refractivity contribution >= 4 is 60.3 Å². The van der Waals surface area contributed by atoms with Crippen LogP contribution in [0.3, 0.4) is 0 Å². The predicted octanol–water partition coefficient (Wildman–Crippen LogP) is 4.91. The third kappa shape index (κ3) is 2.17. The normalized spacial score (nSPS) is 22.2. The molecule has 0 fully saturated rings. The first-order valence-corrected chi connectivity index (χ1v) is 8.94. The van der Waals surface area contributed by atoms with Gasteiger partial charge in [0.25, 0.3) is 5.91 Å². The highest BCUT2D eigenvalue weighted by molar-refractivity contribution is 9.10. The van der Waals surface area contributed by atoms with Crippen LogP contribution in [0, 0.1) is 0 Å². The number of nitrogens with zero attached hydrogens (tertiary/aromatic N) is 1. The number of hydrogen-bond acceptors (Lipinski definition) is 2. The summed E-state index contributed by atoms with van der Waals surface area (Å²) in [6, 6.07) is 12.3. The van der Waals surface area contributed by atoms with Crippen molar-refractivity contribution in [3.05, 3.63) is 56.5 Å². The summed E-state index contributed by atoms with van der Waals surface area (Å²) >= 11 is 7.00. The van der Waals surface area contributed by atoms with Gasteiger partial charge in [-0.05, 0) is 36.8 Å². The second-order valence-corrected chi connectivity index (χ2v) is 7.71. The molecule has 23 heavy (non-hydrogen) atoms. The van der Waals surface area contributed by atoms with E-state index in [1.807, 2.05) is 24.3 Å². The highest BCUT2D eigenvalue weighted by atomic mass is 79.9. The summed E-state index contributed by atoms with van der Waals surface area (Å²) in [6.45, 7) is 2.14. The van der Waals surface area contributed by atoms with E-state index in [2.05, 4.69) is 68.2 Å². The van der Waals surface area contributed by atoms with Crippen LogP contribution < -0.4 is 10.2 Å². The van der Waals surface area contributed by atoms with Gasteiger partial charge in [-0.25, -0.2) is 0 Å². The molecule has 4 rings (SSSR count). The predicted molar refractivity (Wildman–Crippen MR) is 102 cm³/mol. The number of amides is 1. The van der Waals surface area contributed by atoms with Gasteiger partial charge in [0.1, 0.15) is 0 Å². The Hall–Kier alpha value is -1.59. The van der Waals surface area contributed by atoms with E-state index in [0.717, 1.165) is 42.6 Å². The Labute approximate surface area is 151 Å². The van der Waals surface area contributed by atoms with Crippen LogP contribution in [0.5, 0.6) is 0 Å². The van der Waals surface area contributed by atoms with E-state index in [-0.39, 0.29) is 11.9 Å². The number of rotatable bonds is 0. The first-order chi connectivity index (χ1) is 11.0. The van der Waals surface area contributed by atoms with Gasteiger partial charge in [0.2, 0.25) is 0 Å². The van der Waals surface area contributed by atoms with Gasteiger partial charge in [0.05, 0.1) is 17.3 Å². The molecule has 0 bridgehead atoms. The van der Waals surface area contributed by atoms with E-state index >= 15 is 0 Å². The molecule has 2 aliphatic heterocycles. The number of halogens is 2. The van der Waals surface area contributed by atoms with Crippen LogP contribution in [-0.4, -0.2) is 19.0 Å². The smallest absolute Gasteiger partial charge is 0.256 e. The molecule has 2 aliphatic rings. The minimum Gasteiger partial charge on any atom is -0.367 e. The lowest BCUT2D eigenvalue weighted by molar-refractivity contribution is -0.110. The molecule has 116 valence electrons. The van der Waals surface area contributed by atoms with Crippen molar-refractivity contribution in [2.75, 3.05) is 17.3 Å². The second-order valence-electron chi connectivity index (χ2n) is 5.88. The third-order valence-corrected chi connectivity index (χ3v) is 5.61. The summed E-state index contributed by atoms with van der Waals surface area (Å²) < 4.78 is 2.01. The third-order valence-electron chi connectivity index (χ3n) is 4.62. The molecule has 2 heterocycles. The van der Waals surface area contributed by atoms with E-state index in [4.69, 9.17) is 0 Å². The highest BCUT2D eigenvalue weighted by Gasteiger charge is 2.36. The van der Waals surface area contributed by atoms with Gasteiger partial charge in [0, 0.05) is 32.8 Å². The maximum atomic E-state index is 12.6. The number of anilines is 2. The summed E-state index contributed by atoms with van der Waals surface area (Å²) in [5.41, 5.74) is 6.00. The molecule has 0 radical (unpaired) electrons. The van der Waals surface area contributed by atoms with Crippen LogP contribution in [0.15, 0.2) is 45.3 Å². The Kier molecular flexibility index (Phi) is 3.39. The topological polar surface area (TPSA) is 32.3 Å². The molecule has 1 N–H and O–H groups in total. The second kappa shape index (κ2) is 5.21. The molecule has 3 nitrogen and oxygen atoms in total. The van der Waals surface area contributed by atoms with Crippen molar-refractivity contribution in [2.24, 2.45) is 0 Å². The van der Waals surface area contributed by atoms with E-state index < -0.39 is 0 Å². The number of nitrogens with one attached hydrogen (secondary N) is 1. The average molecular weight is 434 g/mol. The molecule has 0 saturated carbocycles. The number of hydrogen-bond donors (Lipinski definition) is 1. The summed E-state index contributed by atoms with van der Waals surface area (Å²) in [5.74, 6) is -0.0240. The van der Waals surface area contributed by atoms with Gasteiger partial charge in [0.15, 0.2) is 0 Å². The molecule has 0 saturated heterocycles. The van der Waals surface area contributed by atoms with Crippen molar-refractivity contribution < 1.29 is 4.79 Å². The first kappa shape index (κ1) is 15.0. The minimum atomic E-state index is -0.0240. The zero-order valence-electron chi connectivity index (χ0n) is 12.7. The quantitative estimate of drug-likeness (QED) is 0.598. The molecule has 5 heteroatoms. The van der Waals surface area contributed by atoms with E-state index in [1.54, 1.807) is 0 Å². The lowest BCUT2D eigenvalue weighted by atomic mass is 9.93. The molecular formula is C18H14Br2N2O. The number of fused-ring (bicyclic) bond motifs is 2. The summed E-state index contributed by atoms with van der Waals surface area (Å²) in [7, 11) is 2.07. The van der Waals surface area contributed by atoms with Gasteiger partial charge in [-0.3, -0.25) is 4.79 Å². The SMILES string of the molecule is CC1/C(=C2/C(=O)Nc3cc(Br)ccc32)c2ccc(Br)cc2N1C. The maximum absolute atomic E-state index is 12.6. The van der Waals surface area contributed by atoms with E-state index in [9.17, 15) is 4.79 Å². The molecule has 2 aromatic rings. The maximum Gasteiger partial charge on any atom is 0.256 e. The summed E-state index contributed by atoms with van der Waals surface area (Å²) in [5, 5.41) is 2.99. The fraction of sp³-hybridized carbons (Fsp3) is 0.167. The van der Waals surface area contributed by atoms with Crippen molar-refractivity contribution in [1.82, 2.24) is 0 Å². The standard InChI is InChI=1S/C18H14Br2N2O/c1-9-16(13-6-4-11(20)8-15(13)22(9)2)17-12-5-3-10(19)7-14(12)21-18(17)23/h3-9H,1-2H3,(H,21,23)/b17-16-. The van der Waals surface area contributed by atoms with Crippen molar-refractivity contribution in [2.45, 2.75) is 13.0 Å². The molecule has 0 aliphatic carbocycles. The van der Waals surface area contributed by atoms with Crippen molar-refractivity contribution in [3.8, 4) is 0 Å². The Morgan fingerprint density at radius 2 is 1.70 bits per heavy atom. The van der Waals surface area contributed by atoms with Crippen molar-refractivity contribution in [1.29, 1.82) is 0 Å². The Morgan fingerprint density at radius 3 is 2.43 bits per heavy atom. The molecule has 2 aromatic carbocycles. The Morgan fingerprint density at radius 1 is 1.04 bits per heavy atom. The average Bonchev–Trinajstić information content (AvgIpc) is 2.94. The van der Waals surface area contributed by atoms with Gasteiger partial charge >= 0.3 is 0 Å². The van der Waals surface area contributed by atoms with Gasteiger partial charge in [-0.15, -0.1) is 0 Å². The van der Waals surface area contributed by atoms with Crippen LogP contribution in [0.4, 0.5) is 11.4 Å². The Balaban J connectivity index is 2.01. The number of carbonyl (C=O) groups excluding carboxylic acids is 1. The molecule has 1 atom stereocenters.